The van der Waals surface area contributed by atoms with E-state index in [4.69, 9.17) is 0 Å². The quantitative estimate of drug-likeness (QED) is 0.572. The van der Waals surface area contributed by atoms with Gasteiger partial charge in [0.05, 0.1) is 0 Å². The van der Waals surface area contributed by atoms with Crippen molar-refractivity contribution in [2.45, 2.75) is 20.4 Å². The van der Waals surface area contributed by atoms with E-state index in [1.807, 2.05) is 0 Å². The van der Waals surface area contributed by atoms with Crippen molar-refractivity contribution >= 4 is 35.7 Å². The first-order valence-electron chi connectivity index (χ1n) is 6.48. The first-order valence-corrected chi connectivity index (χ1v) is 11.5. The summed E-state index contributed by atoms with van der Waals surface area (Å²) in [6.07, 6.45) is 1.93. The predicted octanol–water partition coefficient (Wildman–Crippen LogP) is 3.36. The van der Waals surface area contributed by atoms with Crippen LogP contribution >= 0.6 is 6.40 Å². The highest BCUT2D eigenvalue weighted by Crippen LogP contribution is 2.50. The third-order valence-electron chi connectivity index (χ3n) is 4.46. The highest BCUT2D eigenvalue weighted by Gasteiger charge is 2.29. The fourth-order valence-corrected chi connectivity index (χ4v) is 14.9. The first kappa shape index (κ1) is 11.4. The van der Waals surface area contributed by atoms with Crippen LogP contribution in [0.2, 0.25) is 6.55 Å². The Hall–Kier alpha value is -0.653. The third-order valence-corrected chi connectivity index (χ3v) is 17.6. The molecule has 0 atom stereocenters. The van der Waals surface area contributed by atoms with Crippen molar-refractivity contribution in [1.82, 2.24) is 0 Å². The zero-order chi connectivity index (χ0) is 12.0. The summed E-state index contributed by atoms with van der Waals surface area (Å²) in [4.78, 5) is 0. The predicted molar refractivity (Wildman–Crippen MR) is 82.8 cm³/mol. The van der Waals surface area contributed by atoms with Crippen LogP contribution in [-0.2, 0) is 0 Å². The zero-order valence-electron chi connectivity index (χ0n) is 10.8. The zero-order valence-corrected chi connectivity index (χ0v) is 12.7. The monoisotopic (exact) mass is 258 g/mol. The van der Waals surface area contributed by atoms with Gasteiger partial charge in [0.2, 0.25) is 0 Å². The van der Waals surface area contributed by atoms with Gasteiger partial charge in [-0.15, -0.1) is 0 Å². The molecule has 0 nitrogen and oxygen atoms in total. The molecule has 2 aromatic carbocycles. The Bertz CT molecular complexity index is 642. The van der Waals surface area contributed by atoms with Crippen LogP contribution in [0.4, 0.5) is 0 Å². The molecular weight excluding hydrogens is 239 g/mol. The van der Waals surface area contributed by atoms with Crippen LogP contribution in [0, 0.1) is 0 Å². The standard InChI is InChI=1S/C15H19PSi/c1-4-16(5-2)13-10-6-8-12-9-7-11-14(15(12)13)17(16)3/h6-11H,4-5H2,1-3H3. The SMILES string of the molecule is CCP1(CC)=[Si](C)c2cccc3cccc1c23. The van der Waals surface area contributed by atoms with Gasteiger partial charge in [-0.2, -0.15) is 0 Å². The van der Waals surface area contributed by atoms with Crippen LogP contribution in [0.15, 0.2) is 36.4 Å². The van der Waals surface area contributed by atoms with Gasteiger partial charge in [0.1, 0.15) is 0 Å². The lowest BCUT2D eigenvalue weighted by atomic mass is 10.1. The van der Waals surface area contributed by atoms with Crippen molar-refractivity contribution in [2.75, 3.05) is 12.3 Å². The van der Waals surface area contributed by atoms with Gasteiger partial charge in [0, 0.05) is 8.05 Å². The average molecular weight is 258 g/mol. The second-order valence-electron chi connectivity index (χ2n) is 4.87. The van der Waals surface area contributed by atoms with Crippen molar-refractivity contribution in [1.29, 1.82) is 0 Å². The Morgan fingerprint density at radius 1 is 1.00 bits per heavy atom. The molecule has 0 spiro atoms. The Morgan fingerprint density at radius 2 is 1.65 bits per heavy atom. The van der Waals surface area contributed by atoms with Crippen LogP contribution in [0.1, 0.15) is 13.8 Å². The van der Waals surface area contributed by atoms with Gasteiger partial charge in [0.15, 0.2) is 0 Å². The van der Waals surface area contributed by atoms with Crippen LogP contribution in [-0.4, -0.2) is 20.4 Å². The van der Waals surface area contributed by atoms with E-state index in [1.165, 1.54) is 17.7 Å². The average Bonchev–Trinajstić information content (AvgIpc) is 2.63. The van der Waals surface area contributed by atoms with Gasteiger partial charge >= 0.3 is 0 Å². The van der Waals surface area contributed by atoms with E-state index in [2.05, 4.69) is 56.8 Å². The molecule has 0 aliphatic carbocycles. The number of hydrogen-bond acceptors (Lipinski definition) is 0. The molecular formula is C15H19PSi. The molecule has 1 heterocycles. The van der Waals surface area contributed by atoms with Gasteiger partial charge in [0.25, 0.3) is 0 Å². The molecule has 0 fully saturated rings. The maximum Gasteiger partial charge on any atom is 0.0469 e. The molecule has 0 saturated heterocycles. The summed E-state index contributed by atoms with van der Waals surface area (Å²) < 4.78 is 0. The van der Waals surface area contributed by atoms with Crippen molar-refractivity contribution in [3.8, 4) is 0 Å². The molecule has 0 bridgehead atoms. The third kappa shape index (κ3) is 1.33. The molecule has 0 N–H and O–H groups in total. The van der Waals surface area contributed by atoms with E-state index < -0.39 is 6.40 Å². The van der Waals surface area contributed by atoms with Crippen LogP contribution in [0.3, 0.4) is 0 Å². The Balaban J connectivity index is 2.53. The largest absolute Gasteiger partial charge is 0.0903 e. The molecule has 1 aliphatic rings. The summed E-state index contributed by atoms with van der Waals surface area (Å²) in [5, 5.41) is 6.55. The van der Waals surface area contributed by atoms with Gasteiger partial charge in [-0.25, -0.2) is 0 Å². The lowest BCUT2D eigenvalue weighted by Crippen LogP contribution is -2.16. The minimum absolute atomic E-state index is 0.353. The number of hydrogen-bond donors (Lipinski definition) is 0. The maximum absolute atomic E-state index is 2.56. The topological polar surface area (TPSA) is 0 Å². The smallest absolute Gasteiger partial charge is 0.0469 e. The molecule has 17 heavy (non-hydrogen) atoms. The van der Waals surface area contributed by atoms with Crippen molar-refractivity contribution in [3.63, 3.8) is 0 Å². The highest BCUT2D eigenvalue weighted by molar-refractivity contribution is 7.92. The van der Waals surface area contributed by atoms with Crippen LogP contribution in [0.5, 0.6) is 0 Å². The summed E-state index contributed by atoms with van der Waals surface area (Å²) in [6, 6.07) is 13.9. The maximum atomic E-state index is 2.56. The minimum Gasteiger partial charge on any atom is -0.0903 e. The minimum atomic E-state index is -0.856. The van der Waals surface area contributed by atoms with Gasteiger partial charge < -0.3 is 0 Å². The fourth-order valence-electron chi connectivity index (χ4n) is 3.43. The van der Waals surface area contributed by atoms with E-state index in [-0.39, 0.29) is 8.05 Å². The lowest BCUT2D eigenvalue weighted by molar-refractivity contribution is 1.42. The molecule has 88 valence electrons. The lowest BCUT2D eigenvalue weighted by Gasteiger charge is -2.23. The first-order chi connectivity index (χ1) is 8.24. The molecule has 0 unspecified atom stereocenters. The second-order valence-corrected chi connectivity index (χ2v) is 14.8. The molecule has 0 aromatic heterocycles. The van der Waals surface area contributed by atoms with E-state index in [0.717, 1.165) is 0 Å². The normalized spacial score (nSPS) is 16.8. The Kier molecular flexibility index (Phi) is 2.65. The molecule has 2 heteroatoms. The summed E-state index contributed by atoms with van der Waals surface area (Å²) in [7, 11) is -0.353. The second kappa shape index (κ2) is 3.93. The van der Waals surface area contributed by atoms with Crippen molar-refractivity contribution in [3.05, 3.63) is 36.4 Å². The summed E-state index contributed by atoms with van der Waals surface area (Å²) in [6.45, 7) is 7.38. The summed E-state index contributed by atoms with van der Waals surface area (Å²) in [5.74, 6) is 0. The van der Waals surface area contributed by atoms with Crippen molar-refractivity contribution < 1.29 is 0 Å². The Labute approximate surface area is 105 Å². The molecule has 2 aromatic rings. The van der Waals surface area contributed by atoms with Crippen molar-refractivity contribution in [2.24, 2.45) is 0 Å². The van der Waals surface area contributed by atoms with Crippen LogP contribution in [0.25, 0.3) is 10.8 Å². The van der Waals surface area contributed by atoms with E-state index in [1.54, 1.807) is 15.9 Å². The molecule has 0 radical (unpaired) electrons. The fraction of sp³-hybridized carbons (Fsp3) is 0.333. The molecule has 0 amide bonds. The number of rotatable bonds is 2. The van der Waals surface area contributed by atoms with Crippen LogP contribution < -0.4 is 10.5 Å². The summed E-state index contributed by atoms with van der Waals surface area (Å²) in [5.41, 5.74) is 0. The molecule has 3 rings (SSSR count). The van der Waals surface area contributed by atoms with E-state index in [9.17, 15) is 0 Å². The van der Waals surface area contributed by atoms with Gasteiger partial charge in [-0.1, -0.05) is 63.2 Å². The van der Waals surface area contributed by atoms with E-state index in [0.29, 0.717) is 0 Å². The Morgan fingerprint density at radius 3 is 2.29 bits per heavy atom. The molecule has 0 saturated carbocycles. The van der Waals surface area contributed by atoms with Gasteiger partial charge in [-0.3, -0.25) is 0 Å². The van der Waals surface area contributed by atoms with Gasteiger partial charge in [-0.05, 0) is 33.6 Å². The molecule has 1 aliphatic heterocycles. The number of benzene rings is 2. The van der Waals surface area contributed by atoms with E-state index >= 15 is 0 Å². The summed E-state index contributed by atoms with van der Waals surface area (Å²) >= 11 is 0. The highest BCUT2D eigenvalue weighted by atomic mass is 31.3.